The molecule has 0 aliphatic carbocycles. The van der Waals surface area contributed by atoms with Crippen LogP contribution in [0.3, 0.4) is 0 Å². The Hall–Kier alpha value is -3.35. The van der Waals surface area contributed by atoms with Crippen molar-refractivity contribution in [2.45, 2.75) is 26.8 Å². The lowest BCUT2D eigenvalue weighted by Crippen LogP contribution is -2.27. The van der Waals surface area contributed by atoms with Crippen LogP contribution in [-0.2, 0) is 0 Å². The lowest BCUT2D eigenvalue weighted by atomic mass is 10.1. The number of hydrogen-bond acceptors (Lipinski definition) is 5. The Morgan fingerprint density at radius 2 is 1.85 bits per heavy atom. The molecule has 0 saturated heterocycles. The molecule has 1 aliphatic rings. The van der Waals surface area contributed by atoms with E-state index in [1.165, 1.54) is 0 Å². The van der Waals surface area contributed by atoms with Crippen molar-refractivity contribution in [1.82, 2.24) is 20.3 Å². The lowest BCUT2D eigenvalue weighted by molar-refractivity contribution is 0.0934. The van der Waals surface area contributed by atoms with Gasteiger partial charge in [-0.3, -0.25) is 4.79 Å². The Bertz CT molecular complexity index is 995. The fraction of sp³-hybridized carbons (Fsp3) is 0.250. The molecule has 4 rings (SSSR count). The van der Waals surface area contributed by atoms with Gasteiger partial charge in [0.15, 0.2) is 17.2 Å². The number of nitrogens with zero attached hydrogens (tertiary/aromatic N) is 3. The Labute approximate surface area is 156 Å². The molecule has 1 unspecified atom stereocenters. The van der Waals surface area contributed by atoms with E-state index in [0.29, 0.717) is 22.9 Å². The Morgan fingerprint density at radius 1 is 1.11 bits per heavy atom. The number of benzene rings is 2. The number of carbonyl (C=O) groups is 1. The molecule has 1 amide bonds. The van der Waals surface area contributed by atoms with Gasteiger partial charge < -0.3 is 14.8 Å². The summed E-state index contributed by atoms with van der Waals surface area (Å²) in [6.45, 7) is 5.99. The van der Waals surface area contributed by atoms with Gasteiger partial charge in [-0.05, 0) is 50.6 Å². The van der Waals surface area contributed by atoms with Crippen molar-refractivity contribution >= 4 is 5.91 Å². The minimum Gasteiger partial charge on any atom is -0.454 e. The molecule has 1 N–H and O–H groups in total. The molecule has 0 saturated carbocycles. The first-order valence-electron chi connectivity index (χ1n) is 8.72. The zero-order valence-electron chi connectivity index (χ0n) is 15.4. The highest BCUT2D eigenvalue weighted by Gasteiger charge is 2.21. The van der Waals surface area contributed by atoms with Gasteiger partial charge in [-0.2, -0.15) is 0 Å². The third kappa shape index (κ3) is 3.23. The molecule has 138 valence electrons. The summed E-state index contributed by atoms with van der Waals surface area (Å²) in [4.78, 5) is 12.7. The van der Waals surface area contributed by atoms with Crippen LogP contribution in [0.1, 0.15) is 40.3 Å². The van der Waals surface area contributed by atoms with E-state index in [-0.39, 0.29) is 18.7 Å². The molecule has 0 radical (unpaired) electrons. The molecule has 1 aliphatic heterocycles. The van der Waals surface area contributed by atoms with E-state index in [1.807, 2.05) is 63.2 Å². The summed E-state index contributed by atoms with van der Waals surface area (Å²) in [6, 6.07) is 13.3. The van der Waals surface area contributed by atoms with Gasteiger partial charge in [0.05, 0.1) is 17.4 Å². The Kier molecular flexibility index (Phi) is 4.27. The number of aryl methyl sites for hydroxylation is 1. The van der Waals surface area contributed by atoms with E-state index in [2.05, 4.69) is 15.6 Å². The van der Waals surface area contributed by atoms with Crippen molar-refractivity contribution in [3.8, 4) is 17.2 Å². The number of aromatic nitrogens is 3. The van der Waals surface area contributed by atoms with E-state index in [1.54, 1.807) is 4.68 Å². The van der Waals surface area contributed by atoms with Crippen LogP contribution in [0.4, 0.5) is 0 Å². The van der Waals surface area contributed by atoms with Crippen LogP contribution in [0.2, 0.25) is 0 Å². The molecule has 1 atom stereocenters. The van der Waals surface area contributed by atoms with E-state index in [0.717, 1.165) is 16.8 Å². The standard InChI is InChI=1S/C20H20N4O3/c1-12-4-7-16(8-5-12)24-14(3)19(22-23-24)20(25)21-13(2)15-6-9-17-18(10-15)27-11-26-17/h4-10,13H,11H2,1-3H3,(H,21,25). The quantitative estimate of drug-likeness (QED) is 0.770. The highest BCUT2D eigenvalue weighted by atomic mass is 16.7. The van der Waals surface area contributed by atoms with Gasteiger partial charge in [0.1, 0.15) is 0 Å². The molecule has 1 aromatic heterocycles. The second kappa shape index (κ2) is 6.75. The predicted molar refractivity (Wildman–Crippen MR) is 99.3 cm³/mol. The number of amides is 1. The molecule has 2 aromatic carbocycles. The average molecular weight is 364 g/mol. The van der Waals surface area contributed by atoms with E-state index in [4.69, 9.17) is 9.47 Å². The van der Waals surface area contributed by atoms with Gasteiger partial charge in [0.2, 0.25) is 6.79 Å². The summed E-state index contributed by atoms with van der Waals surface area (Å²) in [7, 11) is 0. The van der Waals surface area contributed by atoms with Crippen LogP contribution < -0.4 is 14.8 Å². The van der Waals surface area contributed by atoms with E-state index in [9.17, 15) is 4.79 Å². The van der Waals surface area contributed by atoms with Crippen LogP contribution in [0.25, 0.3) is 5.69 Å². The third-order valence-electron chi connectivity index (χ3n) is 4.63. The molecule has 27 heavy (non-hydrogen) atoms. The van der Waals surface area contributed by atoms with Gasteiger partial charge in [-0.1, -0.05) is 29.0 Å². The summed E-state index contributed by atoms with van der Waals surface area (Å²) in [6.07, 6.45) is 0. The predicted octanol–water partition coefficient (Wildman–Crippen LogP) is 3.10. The molecule has 0 fully saturated rings. The minimum absolute atomic E-state index is 0.212. The minimum atomic E-state index is -0.268. The third-order valence-corrected chi connectivity index (χ3v) is 4.63. The smallest absolute Gasteiger partial charge is 0.274 e. The van der Waals surface area contributed by atoms with Crippen LogP contribution in [0.15, 0.2) is 42.5 Å². The highest BCUT2D eigenvalue weighted by Crippen LogP contribution is 2.34. The summed E-state index contributed by atoms with van der Waals surface area (Å²) in [5.41, 5.74) is 3.95. The zero-order chi connectivity index (χ0) is 19.0. The molecule has 0 bridgehead atoms. The van der Waals surface area contributed by atoms with Crippen molar-refractivity contribution in [2.75, 3.05) is 6.79 Å². The number of ether oxygens (including phenoxy) is 2. The molecule has 2 heterocycles. The summed E-state index contributed by atoms with van der Waals surface area (Å²) < 4.78 is 12.4. The van der Waals surface area contributed by atoms with Crippen LogP contribution in [-0.4, -0.2) is 27.7 Å². The molecule has 0 spiro atoms. The number of carbonyl (C=O) groups excluding carboxylic acids is 1. The maximum atomic E-state index is 12.7. The molecular formula is C20H20N4O3. The maximum Gasteiger partial charge on any atom is 0.274 e. The Balaban J connectivity index is 1.52. The number of rotatable bonds is 4. The molecule has 7 heteroatoms. The van der Waals surface area contributed by atoms with Gasteiger partial charge in [0, 0.05) is 0 Å². The zero-order valence-corrected chi connectivity index (χ0v) is 15.4. The largest absolute Gasteiger partial charge is 0.454 e. The number of fused-ring (bicyclic) bond motifs is 1. The topological polar surface area (TPSA) is 78.3 Å². The molecule has 3 aromatic rings. The Morgan fingerprint density at radius 3 is 2.63 bits per heavy atom. The van der Waals surface area contributed by atoms with Gasteiger partial charge in [0.25, 0.3) is 5.91 Å². The first kappa shape index (κ1) is 17.1. The summed E-state index contributed by atoms with van der Waals surface area (Å²) in [5.74, 6) is 1.14. The van der Waals surface area contributed by atoms with Crippen LogP contribution >= 0.6 is 0 Å². The highest BCUT2D eigenvalue weighted by molar-refractivity contribution is 5.93. The molecule has 7 nitrogen and oxygen atoms in total. The monoisotopic (exact) mass is 364 g/mol. The fourth-order valence-corrected chi connectivity index (χ4v) is 3.00. The second-order valence-electron chi connectivity index (χ2n) is 6.58. The second-order valence-corrected chi connectivity index (χ2v) is 6.58. The summed E-state index contributed by atoms with van der Waals surface area (Å²) >= 11 is 0. The average Bonchev–Trinajstić information content (AvgIpc) is 3.28. The number of nitrogens with one attached hydrogen (secondary N) is 1. The van der Waals surface area contributed by atoms with Crippen molar-refractivity contribution in [3.05, 3.63) is 65.0 Å². The van der Waals surface area contributed by atoms with Crippen LogP contribution in [0.5, 0.6) is 11.5 Å². The summed E-state index contributed by atoms with van der Waals surface area (Å²) in [5, 5.41) is 11.2. The fourth-order valence-electron chi connectivity index (χ4n) is 3.00. The van der Waals surface area contributed by atoms with E-state index >= 15 is 0 Å². The van der Waals surface area contributed by atoms with Crippen molar-refractivity contribution in [2.24, 2.45) is 0 Å². The lowest BCUT2D eigenvalue weighted by Gasteiger charge is -2.14. The van der Waals surface area contributed by atoms with E-state index < -0.39 is 0 Å². The first-order chi connectivity index (χ1) is 13.0. The first-order valence-corrected chi connectivity index (χ1v) is 8.72. The SMILES string of the molecule is Cc1ccc(-n2nnc(C(=O)NC(C)c3ccc4c(c3)OCO4)c2C)cc1. The van der Waals surface area contributed by atoms with Gasteiger partial charge in [-0.25, -0.2) is 4.68 Å². The van der Waals surface area contributed by atoms with Crippen molar-refractivity contribution in [1.29, 1.82) is 0 Å². The van der Waals surface area contributed by atoms with Crippen molar-refractivity contribution < 1.29 is 14.3 Å². The van der Waals surface area contributed by atoms with Crippen LogP contribution in [0, 0.1) is 13.8 Å². The van der Waals surface area contributed by atoms with Gasteiger partial charge >= 0.3 is 0 Å². The van der Waals surface area contributed by atoms with Gasteiger partial charge in [-0.15, -0.1) is 5.10 Å². The maximum absolute atomic E-state index is 12.7. The van der Waals surface area contributed by atoms with Crippen molar-refractivity contribution in [3.63, 3.8) is 0 Å². The normalized spacial score (nSPS) is 13.4. The number of hydrogen-bond donors (Lipinski definition) is 1. The molecular weight excluding hydrogens is 344 g/mol.